The van der Waals surface area contributed by atoms with E-state index in [9.17, 15) is 0 Å². The lowest BCUT2D eigenvalue weighted by Gasteiger charge is -2.27. The molecule has 0 N–H and O–H groups in total. The molecule has 1 aliphatic heterocycles. The number of anilines is 1. The Morgan fingerprint density at radius 1 is 0.923 bits per heavy atom. The molecule has 2 aromatic carbocycles. The first-order chi connectivity index (χ1) is 12.9. The molecule has 1 saturated heterocycles. The molecular formula is C20H19N5O. The van der Waals surface area contributed by atoms with E-state index < -0.39 is 0 Å². The summed E-state index contributed by atoms with van der Waals surface area (Å²) in [6.07, 6.45) is 3.49. The zero-order valence-electron chi connectivity index (χ0n) is 14.4. The standard InChI is InChI=1S/C20H19N5O/c1-2-4-17-11-15(5-6-16(17)3-1)12-25-14-23-18-19(21-13-22-20(18)25)24-7-9-26-10-8-24/h1-6,11,13-14H,7-10,12H2. The number of imidazole rings is 1. The van der Waals surface area contributed by atoms with Crippen molar-refractivity contribution in [2.45, 2.75) is 6.54 Å². The average Bonchev–Trinajstić information content (AvgIpc) is 3.11. The Morgan fingerprint density at radius 2 is 1.77 bits per heavy atom. The third kappa shape index (κ3) is 2.68. The third-order valence-corrected chi connectivity index (χ3v) is 4.86. The van der Waals surface area contributed by atoms with Crippen molar-refractivity contribution in [1.82, 2.24) is 19.5 Å². The summed E-state index contributed by atoms with van der Waals surface area (Å²) in [5.74, 6) is 0.899. The molecule has 0 bridgehead atoms. The minimum Gasteiger partial charge on any atom is -0.378 e. The van der Waals surface area contributed by atoms with Crippen LogP contribution in [-0.2, 0) is 11.3 Å². The summed E-state index contributed by atoms with van der Waals surface area (Å²) < 4.78 is 7.53. The number of benzene rings is 2. The number of ether oxygens (including phenoxy) is 1. The van der Waals surface area contributed by atoms with E-state index in [0.717, 1.165) is 49.8 Å². The molecular weight excluding hydrogens is 326 g/mol. The van der Waals surface area contributed by atoms with Gasteiger partial charge in [-0.1, -0.05) is 36.4 Å². The first-order valence-electron chi connectivity index (χ1n) is 8.85. The van der Waals surface area contributed by atoms with Crippen molar-refractivity contribution >= 4 is 27.8 Å². The molecule has 0 aliphatic carbocycles. The van der Waals surface area contributed by atoms with Crippen molar-refractivity contribution in [3.63, 3.8) is 0 Å². The normalized spacial score (nSPS) is 15.0. The van der Waals surface area contributed by atoms with Gasteiger partial charge in [0.1, 0.15) is 6.33 Å². The zero-order chi connectivity index (χ0) is 17.3. The molecule has 3 heterocycles. The molecule has 6 heteroatoms. The van der Waals surface area contributed by atoms with Crippen LogP contribution in [0.15, 0.2) is 55.1 Å². The summed E-state index contributed by atoms with van der Waals surface area (Å²) in [6, 6.07) is 15.0. The predicted octanol–water partition coefficient (Wildman–Crippen LogP) is 2.86. The number of morpholine rings is 1. The number of hydrogen-bond donors (Lipinski definition) is 0. The fourth-order valence-electron chi connectivity index (χ4n) is 3.52. The highest BCUT2D eigenvalue weighted by molar-refractivity contribution is 5.84. The van der Waals surface area contributed by atoms with Crippen LogP contribution in [0.1, 0.15) is 5.56 Å². The maximum atomic E-state index is 5.44. The smallest absolute Gasteiger partial charge is 0.165 e. The highest BCUT2D eigenvalue weighted by Gasteiger charge is 2.18. The van der Waals surface area contributed by atoms with Crippen molar-refractivity contribution in [1.29, 1.82) is 0 Å². The van der Waals surface area contributed by atoms with Crippen LogP contribution >= 0.6 is 0 Å². The van der Waals surface area contributed by atoms with E-state index in [4.69, 9.17) is 4.74 Å². The summed E-state index contributed by atoms with van der Waals surface area (Å²) in [6.45, 7) is 3.86. The molecule has 0 atom stereocenters. The molecule has 6 nitrogen and oxygen atoms in total. The second-order valence-electron chi connectivity index (χ2n) is 6.52. The summed E-state index contributed by atoms with van der Waals surface area (Å²) in [5.41, 5.74) is 2.96. The van der Waals surface area contributed by atoms with E-state index in [-0.39, 0.29) is 0 Å². The first kappa shape index (κ1) is 15.3. The number of rotatable bonds is 3. The summed E-state index contributed by atoms with van der Waals surface area (Å²) in [7, 11) is 0. The Bertz CT molecular complexity index is 1070. The monoisotopic (exact) mass is 345 g/mol. The number of nitrogens with zero attached hydrogens (tertiary/aromatic N) is 5. The molecule has 2 aromatic heterocycles. The van der Waals surface area contributed by atoms with Gasteiger partial charge in [-0.3, -0.25) is 0 Å². The largest absolute Gasteiger partial charge is 0.378 e. The molecule has 0 unspecified atom stereocenters. The Morgan fingerprint density at radius 3 is 2.65 bits per heavy atom. The Hall–Kier alpha value is -2.99. The van der Waals surface area contributed by atoms with E-state index in [2.05, 4.69) is 66.9 Å². The summed E-state index contributed by atoms with van der Waals surface area (Å²) in [5, 5.41) is 2.50. The number of hydrogen-bond acceptors (Lipinski definition) is 5. The van der Waals surface area contributed by atoms with Crippen LogP contribution in [0.3, 0.4) is 0 Å². The fourth-order valence-corrected chi connectivity index (χ4v) is 3.52. The molecule has 26 heavy (non-hydrogen) atoms. The van der Waals surface area contributed by atoms with Gasteiger partial charge < -0.3 is 14.2 Å². The lowest BCUT2D eigenvalue weighted by molar-refractivity contribution is 0.122. The molecule has 0 saturated carbocycles. The van der Waals surface area contributed by atoms with Gasteiger partial charge in [-0.25, -0.2) is 15.0 Å². The van der Waals surface area contributed by atoms with Crippen molar-refractivity contribution < 1.29 is 4.74 Å². The van der Waals surface area contributed by atoms with Crippen LogP contribution in [0, 0.1) is 0 Å². The summed E-state index contributed by atoms with van der Waals surface area (Å²) >= 11 is 0. The van der Waals surface area contributed by atoms with Gasteiger partial charge in [-0.05, 0) is 22.4 Å². The highest BCUT2D eigenvalue weighted by atomic mass is 16.5. The summed E-state index contributed by atoms with van der Waals surface area (Å²) in [4.78, 5) is 15.8. The Balaban J connectivity index is 1.50. The molecule has 5 rings (SSSR count). The van der Waals surface area contributed by atoms with Crippen molar-refractivity contribution in [3.8, 4) is 0 Å². The van der Waals surface area contributed by atoms with Crippen LogP contribution in [-0.4, -0.2) is 45.8 Å². The lowest BCUT2D eigenvalue weighted by atomic mass is 10.1. The number of aromatic nitrogens is 4. The molecule has 130 valence electrons. The molecule has 0 radical (unpaired) electrons. The average molecular weight is 345 g/mol. The van der Waals surface area contributed by atoms with E-state index in [1.807, 2.05) is 6.33 Å². The van der Waals surface area contributed by atoms with Gasteiger partial charge in [0.05, 0.1) is 26.1 Å². The van der Waals surface area contributed by atoms with E-state index in [1.54, 1.807) is 6.33 Å². The second kappa shape index (κ2) is 6.38. The maximum absolute atomic E-state index is 5.44. The minimum atomic E-state index is 0.725. The van der Waals surface area contributed by atoms with Gasteiger partial charge in [-0.2, -0.15) is 0 Å². The van der Waals surface area contributed by atoms with Crippen molar-refractivity contribution in [2.24, 2.45) is 0 Å². The first-order valence-corrected chi connectivity index (χ1v) is 8.85. The van der Waals surface area contributed by atoms with Gasteiger partial charge in [-0.15, -0.1) is 0 Å². The van der Waals surface area contributed by atoms with Crippen LogP contribution in [0.4, 0.5) is 5.82 Å². The predicted molar refractivity (Wildman–Crippen MR) is 101 cm³/mol. The number of fused-ring (bicyclic) bond motifs is 2. The lowest BCUT2D eigenvalue weighted by Crippen LogP contribution is -2.36. The van der Waals surface area contributed by atoms with E-state index >= 15 is 0 Å². The Kier molecular flexibility index (Phi) is 3.75. The van der Waals surface area contributed by atoms with Crippen molar-refractivity contribution in [3.05, 3.63) is 60.7 Å². The Labute approximate surface area is 151 Å². The maximum Gasteiger partial charge on any atom is 0.165 e. The SMILES string of the molecule is c1ccc2cc(Cn3cnc4c(N5CCOCC5)ncnc43)ccc2c1. The van der Waals surface area contributed by atoms with Gasteiger partial charge >= 0.3 is 0 Å². The van der Waals surface area contributed by atoms with Crippen LogP contribution < -0.4 is 4.90 Å². The van der Waals surface area contributed by atoms with Crippen LogP contribution in [0.2, 0.25) is 0 Å². The second-order valence-corrected chi connectivity index (χ2v) is 6.52. The van der Waals surface area contributed by atoms with Crippen LogP contribution in [0.5, 0.6) is 0 Å². The van der Waals surface area contributed by atoms with Gasteiger partial charge in [0.25, 0.3) is 0 Å². The van der Waals surface area contributed by atoms with Crippen molar-refractivity contribution in [2.75, 3.05) is 31.2 Å². The topological polar surface area (TPSA) is 56.1 Å². The molecule has 4 aromatic rings. The minimum absolute atomic E-state index is 0.725. The van der Waals surface area contributed by atoms with E-state index in [0.29, 0.717) is 0 Å². The molecule has 1 aliphatic rings. The zero-order valence-corrected chi connectivity index (χ0v) is 14.4. The quantitative estimate of drug-likeness (QED) is 0.571. The fraction of sp³-hybridized carbons (Fsp3) is 0.250. The highest BCUT2D eigenvalue weighted by Crippen LogP contribution is 2.23. The van der Waals surface area contributed by atoms with E-state index in [1.165, 1.54) is 16.3 Å². The molecule has 0 spiro atoms. The van der Waals surface area contributed by atoms with Gasteiger partial charge in [0, 0.05) is 13.1 Å². The molecule has 0 amide bonds. The third-order valence-electron chi connectivity index (χ3n) is 4.86. The molecule has 1 fully saturated rings. The van der Waals surface area contributed by atoms with Gasteiger partial charge in [0.2, 0.25) is 0 Å². The van der Waals surface area contributed by atoms with Gasteiger partial charge in [0.15, 0.2) is 17.0 Å². The van der Waals surface area contributed by atoms with Crippen LogP contribution in [0.25, 0.3) is 21.9 Å².